The Kier molecular flexibility index (Phi) is 2.11. The maximum atomic E-state index is 14.2. The number of alkyl halides is 4. The van der Waals surface area contributed by atoms with E-state index < -0.39 is 9.16 Å². The highest BCUT2D eigenvalue weighted by molar-refractivity contribution is 9.10. The second-order valence-electron chi connectivity index (χ2n) is 7.97. The van der Waals surface area contributed by atoms with Crippen LogP contribution in [0.5, 0.6) is 0 Å². The summed E-state index contributed by atoms with van der Waals surface area (Å²) in [7, 11) is 0. The Bertz CT molecular complexity index is 400. The van der Waals surface area contributed by atoms with Crippen molar-refractivity contribution in [2.45, 2.75) is 61.0 Å². The van der Waals surface area contributed by atoms with Crippen LogP contribution in [0.3, 0.4) is 0 Å². The van der Waals surface area contributed by atoms with Crippen molar-refractivity contribution < 1.29 is 8.78 Å². The minimum atomic E-state index is -1.13. The molecule has 0 aromatic carbocycles. The second-order valence-corrected chi connectivity index (χ2v) is 10.5. The average Bonchev–Trinajstić information content (AvgIpc) is 2.79. The molecule has 0 N–H and O–H groups in total. The molecule has 0 radical (unpaired) electrons. The van der Waals surface area contributed by atoms with Gasteiger partial charge in [-0.2, -0.15) is 0 Å². The summed E-state index contributed by atoms with van der Waals surface area (Å²) in [6.07, 6.45) is 6.27. The Morgan fingerprint density at radius 1 is 0.833 bits per heavy atom. The van der Waals surface area contributed by atoms with Gasteiger partial charge in [0, 0.05) is 23.7 Å². The fourth-order valence-corrected chi connectivity index (χ4v) is 7.27. The normalized spacial score (nSPS) is 69.5. The van der Waals surface area contributed by atoms with Crippen molar-refractivity contribution in [3.8, 4) is 0 Å². The lowest BCUT2D eigenvalue weighted by atomic mass is 9.55. The molecule has 4 unspecified atom stereocenters. The van der Waals surface area contributed by atoms with E-state index in [0.29, 0.717) is 18.8 Å². The molecule has 0 aromatic rings. The zero-order valence-corrected chi connectivity index (χ0v) is 13.7. The third-order valence-corrected chi connectivity index (χ3v) is 8.34. The van der Waals surface area contributed by atoms with Crippen molar-refractivity contribution in [2.24, 2.45) is 22.2 Å². The number of fused-ring (bicyclic) bond motifs is 2. The van der Waals surface area contributed by atoms with Gasteiger partial charge in [0.15, 0.2) is 9.16 Å². The SMILES string of the molecule is CC12CC(C[C@]3(C1)CC3(F)Br)C[C@@]1(C2)CC1(F)Br. The van der Waals surface area contributed by atoms with E-state index in [4.69, 9.17) is 0 Å². The smallest absolute Gasteiger partial charge is 0.171 e. The molecule has 0 heterocycles. The molecule has 4 saturated carbocycles. The summed E-state index contributed by atoms with van der Waals surface area (Å²) in [6.45, 7) is 2.25. The van der Waals surface area contributed by atoms with E-state index in [2.05, 4.69) is 38.8 Å². The third-order valence-electron chi connectivity index (χ3n) is 6.09. The second kappa shape index (κ2) is 3.03. The van der Waals surface area contributed by atoms with Crippen molar-refractivity contribution >= 4 is 31.9 Å². The molecule has 0 nitrogen and oxygen atoms in total. The highest BCUT2D eigenvalue weighted by atomic mass is 79.9. The van der Waals surface area contributed by atoms with Gasteiger partial charge < -0.3 is 0 Å². The highest BCUT2D eigenvalue weighted by Gasteiger charge is 2.77. The fraction of sp³-hybridized carbons (Fsp3) is 1.00. The average molecular weight is 384 g/mol. The summed E-state index contributed by atoms with van der Waals surface area (Å²) in [5, 5.41) is 0. The first kappa shape index (κ1) is 12.6. The van der Waals surface area contributed by atoms with Crippen LogP contribution in [0.2, 0.25) is 0 Å². The van der Waals surface area contributed by atoms with Crippen molar-refractivity contribution in [1.82, 2.24) is 0 Å². The Morgan fingerprint density at radius 3 is 1.50 bits per heavy atom. The Morgan fingerprint density at radius 2 is 1.22 bits per heavy atom. The van der Waals surface area contributed by atoms with Crippen LogP contribution in [0.25, 0.3) is 0 Å². The van der Waals surface area contributed by atoms with E-state index in [1.54, 1.807) is 0 Å². The van der Waals surface area contributed by atoms with E-state index in [0.717, 1.165) is 25.7 Å². The maximum absolute atomic E-state index is 14.2. The summed E-state index contributed by atoms with van der Waals surface area (Å²) < 4.78 is 26.2. The number of rotatable bonds is 0. The van der Waals surface area contributed by atoms with Crippen molar-refractivity contribution in [3.63, 3.8) is 0 Å². The monoisotopic (exact) mass is 382 g/mol. The first-order valence-corrected chi connectivity index (χ1v) is 8.46. The molecule has 18 heavy (non-hydrogen) atoms. The Labute approximate surface area is 124 Å². The molecular weight excluding hydrogens is 366 g/mol. The molecule has 4 fully saturated rings. The number of hydrogen-bond acceptors (Lipinski definition) is 0. The minimum absolute atomic E-state index is 0.132. The first-order chi connectivity index (χ1) is 8.11. The molecule has 2 spiro atoms. The van der Waals surface area contributed by atoms with Crippen molar-refractivity contribution in [2.75, 3.05) is 0 Å². The first-order valence-electron chi connectivity index (χ1n) is 6.87. The van der Waals surface area contributed by atoms with E-state index in [-0.39, 0.29) is 16.2 Å². The zero-order valence-electron chi connectivity index (χ0n) is 10.5. The van der Waals surface area contributed by atoms with Gasteiger partial charge in [-0.05, 0) is 75.3 Å². The van der Waals surface area contributed by atoms with Crippen LogP contribution < -0.4 is 0 Å². The zero-order chi connectivity index (χ0) is 13.0. The molecule has 2 bridgehead atoms. The van der Waals surface area contributed by atoms with Crippen molar-refractivity contribution in [3.05, 3.63) is 0 Å². The van der Waals surface area contributed by atoms with Gasteiger partial charge in [0.25, 0.3) is 0 Å². The summed E-state index contributed by atoms with van der Waals surface area (Å²) in [5.41, 5.74) is -0.122. The molecule has 0 amide bonds. The van der Waals surface area contributed by atoms with Gasteiger partial charge in [-0.1, -0.05) is 6.92 Å². The summed E-state index contributed by atoms with van der Waals surface area (Å²) in [4.78, 5) is 0. The number of halogens is 4. The standard InChI is InChI=1S/C14H18Br2F2/c1-10-2-9(3-11(5-10)7-13(11,15)17)4-12(6-10)8-14(12,16)18/h9H,2-8H2,1H3/t9?,10?,11-,12+,13?,14?. The highest BCUT2D eigenvalue weighted by Crippen LogP contribution is 2.80. The van der Waals surface area contributed by atoms with Gasteiger partial charge in [0.05, 0.1) is 0 Å². The van der Waals surface area contributed by atoms with Crippen LogP contribution in [-0.2, 0) is 0 Å². The summed E-state index contributed by atoms with van der Waals surface area (Å²) in [6, 6.07) is 0. The van der Waals surface area contributed by atoms with Crippen LogP contribution in [0.4, 0.5) is 8.78 Å². The third kappa shape index (κ3) is 1.45. The Balaban J connectivity index is 1.63. The van der Waals surface area contributed by atoms with Gasteiger partial charge in [-0.3, -0.25) is 0 Å². The lowest BCUT2D eigenvalue weighted by Crippen LogP contribution is -2.42. The maximum Gasteiger partial charge on any atom is 0.171 e. The summed E-state index contributed by atoms with van der Waals surface area (Å²) in [5.74, 6) is 0.517. The largest absolute Gasteiger partial charge is 0.231 e. The molecule has 102 valence electrons. The molecule has 0 aromatic heterocycles. The summed E-state index contributed by atoms with van der Waals surface area (Å²) >= 11 is 6.51. The van der Waals surface area contributed by atoms with E-state index in [1.165, 1.54) is 6.42 Å². The molecular formula is C14H18Br2F2. The molecule has 4 aliphatic rings. The van der Waals surface area contributed by atoms with Gasteiger partial charge in [0.1, 0.15) is 0 Å². The molecule has 6 atom stereocenters. The van der Waals surface area contributed by atoms with Crippen LogP contribution >= 0.6 is 31.9 Å². The van der Waals surface area contributed by atoms with E-state index in [9.17, 15) is 8.78 Å². The lowest BCUT2D eigenvalue weighted by Gasteiger charge is -2.51. The van der Waals surface area contributed by atoms with Crippen LogP contribution in [0.15, 0.2) is 0 Å². The van der Waals surface area contributed by atoms with Gasteiger partial charge >= 0.3 is 0 Å². The topological polar surface area (TPSA) is 0 Å². The Hall–Kier alpha value is 0.820. The molecule has 4 rings (SSSR count). The van der Waals surface area contributed by atoms with Crippen LogP contribution in [0.1, 0.15) is 51.9 Å². The van der Waals surface area contributed by atoms with Crippen molar-refractivity contribution in [1.29, 1.82) is 0 Å². The van der Waals surface area contributed by atoms with Gasteiger partial charge in [-0.25, -0.2) is 8.78 Å². The molecule has 4 heteroatoms. The van der Waals surface area contributed by atoms with Crippen LogP contribution in [0, 0.1) is 22.2 Å². The molecule has 0 saturated heterocycles. The molecule has 0 aliphatic heterocycles. The minimum Gasteiger partial charge on any atom is -0.231 e. The quantitative estimate of drug-likeness (QED) is 0.485. The fourth-order valence-electron chi connectivity index (χ4n) is 5.59. The van der Waals surface area contributed by atoms with E-state index in [1.807, 2.05) is 0 Å². The molecule has 4 aliphatic carbocycles. The number of hydrogen-bond donors (Lipinski definition) is 0. The van der Waals surface area contributed by atoms with Gasteiger partial charge in [-0.15, -0.1) is 0 Å². The predicted molar refractivity (Wildman–Crippen MR) is 74.3 cm³/mol. The van der Waals surface area contributed by atoms with Crippen LogP contribution in [-0.4, -0.2) is 9.16 Å². The van der Waals surface area contributed by atoms with E-state index >= 15 is 0 Å². The predicted octanol–water partition coefficient (Wildman–Crippen LogP) is 5.49. The lowest BCUT2D eigenvalue weighted by molar-refractivity contribution is -0.0151. The van der Waals surface area contributed by atoms with Gasteiger partial charge in [0.2, 0.25) is 0 Å².